The third-order valence-electron chi connectivity index (χ3n) is 4.93. The molecule has 1 N–H and O–H groups in total. The summed E-state index contributed by atoms with van der Waals surface area (Å²) in [6, 6.07) is 1.60. The minimum absolute atomic E-state index is 0.00445. The van der Waals surface area contributed by atoms with Gasteiger partial charge in [-0.05, 0) is 6.08 Å². The van der Waals surface area contributed by atoms with Crippen LogP contribution in [-0.4, -0.2) is 49.2 Å². The van der Waals surface area contributed by atoms with E-state index in [2.05, 4.69) is 21.9 Å². The summed E-state index contributed by atoms with van der Waals surface area (Å²) < 4.78 is 16.1. The molecule has 0 amide bonds. The fourth-order valence-electron chi connectivity index (χ4n) is 3.20. The predicted octanol–water partition coefficient (Wildman–Crippen LogP) is 4.54. The van der Waals surface area contributed by atoms with Gasteiger partial charge in [-0.2, -0.15) is 0 Å². The molecule has 164 valence electrons. The third kappa shape index (κ3) is 5.55. The van der Waals surface area contributed by atoms with E-state index in [0.717, 1.165) is 5.56 Å². The first-order valence-electron chi connectivity index (χ1n) is 9.56. The number of carbonyl (C=O) groups is 1. The average molecular weight is 464 g/mol. The number of nitrogens with one attached hydrogen (secondary N) is 1. The topological polar surface area (TPSA) is 82.6 Å². The Morgan fingerprint density at radius 2 is 1.84 bits per heavy atom. The van der Waals surface area contributed by atoms with Gasteiger partial charge in [0.2, 0.25) is 5.95 Å². The van der Waals surface area contributed by atoms with Crippen LogP contribution in [0.15, 0.2) is 31.1 Å². The smallest absolute Gasteiger partial charge is 0.222 e. The molecule has 0 radical (unpaired) electrons. The van der Waals surface area contributed by atoms with Crippen LogP contribution in [0.5, 0.6) is 11.5 Å². The van der Waals surface area contributed by atoms with Gasteiger partial charge >= 0.3 is 0 Å². The summed E-state index contributed by atoms with van der Waals surface area (Å²) in [4.78, 5) is 20.4. The normalized spacial score (nSPS) is 18.2. The molecule has 7 nitrogen and oxygen atoms in total. The largest absolute Gasteiger partial charge is 0.495 e. The number of hydrogen-bond donors (Lipinski definition) is 1. The highest BCUT2D eigenvalue weighted by Gasteiger charge is 2.30. The van der Waals surface area contributed by atoms with E-state index in [1.54, 1.807) is 30.6 Å². The van der Waals surface area contributed by atoms with Gasteiger partial charge in [-0.15, -0.1) is 0 Å². The Balaban J connectivity index is 1.72. The van der Waals surface area contributed by atoms with Crippen molar-refractivity contribution < 1.29 is 19.0 Å². The number of allylic oxidation sites excluding steroid dienone is 1. The molecule has 1 unspecified atom stereocenters. The number of ether oxygens (including phenoxy) is 3. The number of methoxy groups -OCH3 is 2. The number of anilines is 1. The molecule has 2 aromatic rings. The van der Waals surface area contributed by atoms with Crippen molar-refractivity contribution in [3.63, 3.8) is 0 Å². The zero-order valence-corrected chi connectivity index (χ0v) is 18.7. The number of benzene rings is 1. The monoisotopic (exact) mass is 463 g/mol. The van der Waals surface area contributed by atoms with Gasteiger partial charge in [0.15, 0.2) is 5.78 Å². The van der Waals surface area contributed by atoms with Gasteiger partial charge < -0.3 is 19.5 Å². The van der Waals surface area contributed by atoms with Gasteiger partial charge in [-0.1, -0.05) is 41.9 Å². The molecule has 31 heavy (non-hydrogen) atoms. The summed E-state index contributed by atoms with van der Waals surface area (Å²) in [7, 11) is 3.05. The summed E-state index contributed by atoms with van der Waals surface area (Å²) in [6.07, 6.45) is 8.61. The maximum atomic E-state index is 11.7. The van der Waals surface area contributed by atoms with Crippen molar-refractivity contribution in [1.82, 2.24) is 9.97 Å². The molecule has 1 aromatic carbocycles. The van der Waals surface area contributed by atoms with Crippen LogP contribution in [0, 0.1) is 5.92 Å². The van der Waals surface area contributed by atoms with Crippen LogP contribution in [0.2, 0.25) is 10.0 Å². The van der Waals surface area contributed by atoms with Crippen LogP contribution in [0.1, 0.15) is 17.5 Å². The van der Waals surface area contributed by atoms with Crippen molar-refractivity contribution in [1.29, 1.82) is 0 Å². The molecular formula is C22H23Cl2N3O4. The van der Waals surface area contributed by atoms with Crippen LogP contribution in [0.3, 0.4) is 0 Å². The summed E-state index contributed by atoms with van der Waals surface area (Å²) in [5.74, 6) is 1.43. The summed E-state index contributed by atoms with van der Waals surface area (Å²) in [6.45, 7) is 4.53. The molecule has 0 aliphatic carbocycles. The lowest BCUT2D eigenvalue weighted by atomic mass is 9.97. The Morgan fingerprint density at radius 1 is 1.19 bits per heavy atom. The van der Waals surface area contributed by atoms with Crippen LogP contribution in [0.4, 0.5) is 5.95 Å². The minimum Gasteiger partial charge on any atom is -0.495 e. The number of hydrogen-bond acceptors (Lipinski definition) is 7. The fourth-order valence-corrected chi connectivity index (χ4v) is 3.82. The van der Waals surface area contributed by atoms with E-state index in [1.165, 1.54) is 20.3 Å². The summed E-state index contributed by atoms with van der Waals surface area (Å²) in [5, 5.41) is 4.00. The minimum atomic E-state index is -0.0350. The second-order valence-electron chi connectivity index (χ2n) is 6.92. The number of ketones is 1. The first-order valence-corrected chi connectivity index (χ1v) is 10.3. The highest BCUT2D eigenvalue weighted by Crippen LogP contribution is 2.41. The van der Waals surface area contributed by atoms with Crippen LogP contribution in [0.25, 0.3) is 12.2 Å². The Hall–Kier alpha value is -2.61. The van der Waals surface area contributed by atoms with E-state index >= 15 is 0 Å². The maximum Gasteiger partial charge on any atom is 0.222 e. The Labute approximate surface area is 191 Å². The molecule has 1 aliphatic rings. The number of aromatic nitrogens is 2. The van der Waals surface area contributed by atoms with Gasteiger partial charge in [0.1, 0.15) is 11.5 Å². The van der Waals surface area contributed by atoms with Crippen LogP contribution in [-0.2, 0) is 9.53 Å². The molecule has 9 heteroatoms. The van der Waals surface area contributed by atoms with Crippen molar-refractivity contribution in [2.75, 3.05) is 32.8 Å². The van der Waals surface area contributed by atoms with Crippen molar-refractivity contribution >= 4 is 47.1 Å². The molecule has 0 spiro atoms. The van der Waals surface area contributed by atoms with Gasteiger partial charge in [0, 0.05) is 41.9 Å². The highest BCUT2D eigenvalue weighted by molar-refractivity contribution is 6.39. The molecule has 1 aliphatic heterocycles. The van der Waals surface area contributed by atoms with E-state index in [-0.39, 0.29) is 17.7 Å². The van der Waals surface area contributed by atoms with E-state index < -0.39 is 0 Å². The quantitative estimate of drug-likeness (QED) is 0.546. The number of carbonyl (C=O) groups excluding carboxylic acids is 1. The second kappa shape index (κ2) is 10.6. The lowest BCUT2D eigenvalue weighted by molar-refractivity contribution is -0.115. The average Bonchev–Trinajstić information content (AvgIpc) is 3.21. The fraction of sp³-hybridized carbons (Fsp3) is 0.318. The number of nitrogens with zero attached hydrogens (tertiary/aromatic N) is 2. The van der Waals surface area contributed by atoms with E-state index in [0.29, 0.717) is 52.7 Å². The van der Waals surface area contributed by atoms with Gasteiger partial charge in [-0.3, -0.25) is 4.79 Å². The van der Waals surface area contributed by atoms with Gasteiger partial charge in [0.05, 0.1) is 43.5 Å². The molecule has 2 atom stereocenters. The Kier molecular flexibility index (Phi) is 7.90. The number of rotatable bonds is 9. The van der Waals surface area contributed by atoms with Crippen molar-refractivity contribution in [2.24, 2.45) is 5.92 Å². The highest BCUT2D eigenvalue weighted by atomic mass is 35.5. The van der Waals surface area contributed by atoms with Crippen LogP contribution < -0.4 is 14.8 Å². The number of halogens is 2. The SMILES string of the molecule is C=CC(=O)CC1COC[C@H]1Nc1ncc(/C=C/c2c(Cl)c(OC)cc(OC)c2Cl)cn1. The molecule has 1 fully saturated rings. The third-order valence-corrected chi connectivity index (χ3v) is 5.71. The Morgan fingerprint density at radius 3 is 2.42 bits per heavy atom. The molecule has 2 heterocycles. The predicted molar refractivity (Wildman–Crippen MR) is 122 cm³/mol. The first-order chi connectivity index (χ1) is 15.0. The van der Waals surface area contributed by atoms with E-state index in [4.69, 9.17) is 37.4 Å². The maximum absolute atomic E-state index is 11.7. The van der Waals surface area contributed by atoms with Crippen molar-refractivity contribution in [3.8, 4) is 11.5 Å². The molecule has 3 rings (SSSR count). The lowest BCUT2D eigenvalue weighted by Gasteiger charge is -2.17. The van der Waals surface area contributed by atoms with E-state index in [1.807, 2.05) is 0 Å². The molecule has 1 saturated heterocycles. The molecule has 0 bridgehead atoms. The second-order valence-corrected chi connectivity index (χ2v) is 7.67. The zero-order valence-electron chi connectivity index (χ0n) is 17.2. The summed E-state index contributed by atoms with van der Waals surface area (Å²) >= 11 is 12.8. The Bertz CT molecular complexity index is 951. The first kappa shape index (κ1) is 23.1. The van der Waals surface area contributed by atoms with Crippen molar-refractivity contribution in [3.05, 3.63) is 52.3 Å². The van der Waals surface area contributed by atoms with Crippen molar-refractivity contribution in [2.45, 2.75) is 12.5 Å². The molecular weight excluding hydrogens is 441 g/mol. The lowest BCUT2D eigenvalue weighted by Crippen LogP contribution is -2.30. The summed E-state index contributed by atoms with van der Waals surface area (Å²) in [5.41, 5.74) is 1.32. The van der Waals surface area contributed by atoms with E-state index in [9.17, 15) is 4.79 Å². The van der Waals surface area contributed by atoms with Crippen LogP contribution >= 0.6 is 23.2 Å². The molecule has 1 aromatic heterocycles. The van der Waals surface area contributed by atoms with Gasteiger partial charge in [0.25, 0.3) is 0 Å². The molecule has 0 saturated carbocycles. The zero-order chi connectivity index (χ0) is 22.4. The van der Waals surface area contributed by atoms with Gasteiger partial charge in [-0.25, -0.2) is 9.97 Å². The standard InChI is InChI=1S/C22H23Cl2N3O4/c1-4-15(28)7-14-11-31-12-17(14)27-22-25-9-13(10-26-22)5-6-16-20(23)18(29-2)8-19(30-3)21(16)24/h4-6,8-10,14,17H,1,7,11-12H2,2-3H3,(H,25,26,27)/b6-5+/t14?,17-/m1/s1.